The quantitative estimate of drug-likeness (QED) is 0.579. The van der Waals surface area contributed by atoms with Gasteiger partial charge in [-0.05, 0) is 42.3 Å². The molecule has 0 aliphatic carbocycles. The van der Waals surface area contributed by atoms with Crippen LogP contribution >= 0.6 is 11.8 Å². The second-order valence-electron chi connectivity index (χ2n) is 7.57. The largest absolute Gasteiger partial charge is 0.497 e. The van der Waals surface area contributed by atoms with Crippen LogP contribution in [-0.4, -0.2) is 49.9 Å². The molecular formula is C24H28O7S. The predicted molar refractivity (Wildman–Crippen MR) is 122 cm³/mol. The van der Waals surface area contributed by atoms with E-state index < -0.39 is 28.8 Å². The number of benzene rings is 2. The lowest BCUT2D eigenvalue weighted by Crippen LogP contribution is -2.38. The molecule has 0 saturated carbocycles. The van der Waals surface area contributed by atoms with Gasteiger partial charge in [0.15, 0.2) is 11.5 Å². The van der Waals surface area contributed by atoms with Crippen molar-refractivity contribution in [1.29, 1.82) is 0 Å². The maximum atomic E-state index is 12.3. The zero-order valence-electron chi connectivity index (χ0n) is 18.7. The molecule has 2 N–H and O–H groups in total. The smallest absolute Gasteiger partial charge is 0.344 e. The summed E-state index contributed by atoms with van der Waals surface area (Å²) < 4.78 is 20.7. The highest BCUT2D eigenvalue weighted by molar-refractivity contribution is 8.04. The second kappa shape index (κ2) is 9.85. The summed E-state index contributed by atoms with van der Waals surface area (Å²) in [6, 6.07) is 12.2. The molecular weight excluding hydrogens is 432 g/mol. The topological polar surface area (TPSA) is 94.5 Å². The molecule has 8 heteroatoms. The minimum Gasteiger partial charge on any atom is -0.497 e. The van der Waals surface area contributed by atoms with E-state index in [1.165, 1.54) is 33.1 Å². The summed E-state index contributed by atoms with van der Waals surface area (Å²) in [4.78, 5) is 12.6. The number of esters is 1. The molecule has 2 aromatic rings. The maximum Gasteiger partial charge on any atom is 0.344 e. The van der Waals surface area contributed by atoms with E-state index in [2.05, 4.69) is 0 Å². The highest BCUT2D eigenvalue weighted by atomic mass is 32.2. The molecule has 32 heavy (non-hydrogen) atoms. The number of hydrogen-bond acceptors (Lipinski definition) is 8. The SMILES string of the molecule is COC(=O)C1=C[C@@H](C(C)(O)c2ccc(OC)cc2)[C@H](C(O)c2ccc(OC)c(OC)c2)S1. The van der Waals surface area contributed by atoms with Crippen molar-refractivity contribution >= 4 is 17.7 Å². The van der Waals surface area contributed by atoms with Gasteiger partial charge in [-0.15, -0.1) is 11.8 Å². The molecule has 0 fully saturated rings. The molecule has 0 aromatic heterocycles. The summed E-state index contributed by atoms with van der Waals surface area (Å²) in [6.45, 7) is 1.67. The predicted octanol–water partition coefficient (Wildman–Crippen LogP) is 3.44. The Bertz CT molecular complexity index is 984. The summed E-state index contributed by atoms with van der Waals surface area (Å²) in [5.74, 6) is 0.591. The fraction of sp³-hybridized carbons (Fsp3) is 0.375. The zero-order valence-corrected chi connectivity index (χ0v) is 19.5. The van der Waals surface area contributed by atoms with Gasteiger partial charge in [-0.3, -0.25) is 0 Å². The van der Waals surface area contributed by atoms with E-state index in [0.717, 1.165) is 0 Å². The number of aliphatic hydroxyl groups excluding tert-OH is 1. The van der Waals surface area contributed by atoms with Gasteiger partial charge in [0.2, 0.25) is 0 Å². The maximum absolute atomic E-state index is 12.3. The van der Waals surface area contributed by atoms with Gasteiger partial charge in [-0.25, -0.2) is 4.79 Å². The van der Waals surface area contributed by atoms with Gasteiger partial charge >= 0.3 is 5.97 Å². The van der Waals surface area contributed by atoms with Crippen molar-refractivity contribution in [1.82, 2.24) is 0 Å². The molecule has 4 atom stereocenters. The lowest BCUT2D eigenvalue weighted by Gasteiger charge is -2.35. The van der Waals surface area contributed by atoms with E-state index in [1.54, 1.807) is 62.6 Å². The molecule has 1 aliphatic heterocycles. The molecule has 2 unspecified atom stereocenters. The van der Waals surface area contributed by atoms with Crippen LogP contribution in [0.2, 0.25) is 0 Å². The normalized spacial score (nSPS) is 20.7. The van der Waals surface area contributed by atoms with E-state index in [-0.39, 0.29) is 0 Å². The highest BCUT2D eigenvalue weighted by Crippen LogP contribution is 2.51. The average Bonchev–Trinajstić information content (AvgIpc) is 3.29. The first-order valence-corrected chi connectivity index (χ1v) is 10.9. The van der Waals surface area contributed by atoms with Crippen molar-refractivity contribution in [2.75, 3.05) is 28.4 Å². The van der Waals surface area contributed by atoms with Crippen molar-refractivity contribution in [3.63, 3.8) is 0 Å². The number of thioether (sulfide) groups is 1. The summed E-state index contributed by atoms with van der Waals surface area (Å²) >= 11 is 1.19. The molecule has 0 bridgehead atoms. The third-order valence-corrected chi connectivity index (χ3v) is 7.10. The van der Waals surface area contributed by atoms with Crippen molar-refractivity contribution in [3.05, 3.63) is 64.6 Å². The summed E-state index contributed by atoms with van der Waals surface area (Å²) in [6.07, 6.45) is 0.669. The van der Waals surface area contributed by atoms with Crippen LogP contribution in [0.1, 0.15) is 24.2 Å². The lowest BCUT2D eigenvalue weighted by atomic mass is 9.78. The Labute approximate surface area is 191 Å². The lowest BCUT2D eigenvalue weighted by molar-refractivity contribution is -0.135. The molecule has 0 amide bonds. The Hall–Kier alpha value is -2.68. The molecule has 0 radical (unpaired) electrons. The molecule has 1 aliphatic rings. The van der Waals surface area contributed by atoms with Crippen LogP contribution in [0.3, 0.4) is 0 Å². The first-order valence-electron chi connectivity index (χ1n) is 10.0. The van der Waals surface area contributed by atoms with Gasteiger partial charge in [0.25, 0.3) is 0 Å². The Morgan fingerprint density at radius 1 is 1.00 bits per heavy atom. The minimum absolute atomic E-state index is 0.343. The number of hydrogen-bond donors (Lipinski definition) is 2. The van der Waals surface area contributed by atoms with Crippen molar-refractivity contribution in [2.24, 2.45) is 5.92 Å². The van der Waals surface area contributed by atoms with Gasteiger partial charge in [0.1, 0.15) is 5.75 Å². The summed E-state index contributed by atoms with van der Waals surface area (Å²) in [7, 11) is 5.93. The monoisotopic (exact) mass is 460 g/mol. The Morgan fingerprint density at radius 2 is 1.66 bits per heavy atom. The third-order valence-electron chi connectivity index (χ3n) is 5.72. The Balaban J connectivity index is 2.00. The van der Waals surface area contributed by atoms with Crippen LogP contribution in [0.5, 0.6) is 17.2 Å². The van der Waals surface area contributed by atoms with Gasteiger partial charge < -0.3 is 29.2 Å². The Kier molecular flexibility index (Phi) is 7.38. The van der Waals surface area contributed by atoms with E-state index in [1.807, 2.05) is 0 Å². The van der Waals surface area contributed by atoms with Crippen LogP contribution in [0.15, 0.2) is 53.4 Å². The molecule has 0 saturated heterocycles. The van der Waals surface area contributed by atoms with E-state index in [9.17, 15) is 15.0 Å². The van der Waals surface area contributed by atoms with Gasteiger partial charge in [-0.2, -0.15) is 0 Å². The van der Waals surface area contributed by atoms with Crippen molar-refractivity contribution < 1.29 is 34.0 Å². The molecule has 1 heterocycles. The zero-order chi connectivity index (χ0) is 23.5. The van der Waals surface area contributed by atoms with E-state index >= 15 is 0 Å². The number of methoxy groups -OCH3 is 4. The second-order valence-corrected chi connectivity index (χ2v) is 8.79. The molecule has 172 valence electrons. The van der Waals surface area contributed by atoms with Crippen LogP contribution in [-0.2, 0) is 15.1 Å². The van der Waals surface area contributed by atoms with Crippen molar-refractivity contribution in [3.8, 4) is 17.2 Å². The Morgan fingerprint density at radius 3 is 2.22 bits per heavy atom. The number of carbonyl (C=O) groups excluding carboxylic acids is 1. The summed E-state index contributed by atoms with van der Waals surface area (Å²) in [5, 5.41) is 22.3. The molecule has 3 rings (SSSR count). The standard InChI is InChI=1S/C24H28O7S/c1-24(27,15-7-9-16(28-2)10-8-15)17-13-20(23(26)31-5)32-22(17)21(25)14-6-11-18(29-3)19(12-14)30-4/h6-13,17,21-22,25,27H,1-5H3/t17-,21?,22-,24?/m1/s1. The van der Waals surface area contributed by atoms with Gasteiger partial charge in [0.05, 0.1) is 45.0 Å². The number of aliphatic hydroxyl groups is 2. The average molecular weight is 461 g/mol. The fourth-order valence-electron chi connectivity index (χ4n) is 3.82. The van der Waals surface area contributed by atoms with Crippen LogP contribution in [0.25, 0.3) is 0 Å². The van der Waals surface area contributed by atoms with E-state index in [0.29, 0.717) is 33.3 Å². The molecule has 0 spiro atoms. The summed E-state index contributed by atoms with van der Waals surface area (Å²) in [5.41, 5.74) is -0.164. The first-order chi connectivity index (χ1) is 15.3. The highest BCUT2D eigenvalue weighted by Gasteiger charge is 2.47. The van der Waals surface area contributed by atoms with Crippen LogP contribution < -0.4 is 14.2 Å². The van der Waals surface area contributed by atoms with Gasteiger partial charge in [0, 0.05) is 11.2 Å². The first kappa shape index (κ1) is 24.0. The minimum atomic E-state index is -1.38. The van der Waals surface area contributed by atoms with E-state index in [4.69, 9.17) is 18.9 Å². The number of carbonyl (C=O) groups is 1. The number of ether oxygens (including phenoxy) is 4. The van der Waals surface area contributed by atoms with Gasteiger partial charge in [-0.1, -0.05) is 24.3 Å². The number of rotatable bonds is 8. The molecule has 7 nitrogen and oxygen atoms in total. The fourth-order valence-corrected chi connectivity index (χ4v) is 5.30. The molecule has 2 aromatic carbocycles. The van der Waals surface area contributed by atoms with Crippen LogP contribution in [0.4, 0.5) is 0 Å². The van der Waals surface area contributed by atoms with Crippen LogP contribution in [0, 0.1) is 5.92 Å². The van der Waals surface area contributed by atoms with Crippen molar-refractivity contribution in [2.45, 2.75) is 23.9 Å². The third kappa shape index (κ3) is 4.57.